The lowest BCUT2D eigenvalue weighted by molar-refractivity contribution is 0.468. The largest absolute Gasteiger partial charge is 0.508 e. The Morgan fingerprint density at radius 3 is 2.25 bits per heavy atom. The highest BCUT2D eigenvalue weighted by Crippen LogP contribution is 2.18. The number of benzene rings is 2. The van der Waals surface area contributed by atoms with E-state index in [1.165, 1.54) is 5.56 Å². The molecule has 0 atom stereocenters. The second-order valence-electron chi connectivity index (χ2n) is 3.76. The van der Waals surface area contributed by atoms with E-state index in [4.69, 9.17) is 0 Å². The first kappa shape index (κ1) is 11.2. The van der Waals surface area contributed by atoms with Crippen molar-refractivity contribution in [1.29, 1.82) is 0 Å². The number of rotatable bonds is 3. The molecule has 0 amide bonds. The van der Waals surface area contributed by atoms with Gasteiger partial charge in [0.25, 0.3) is 0 Å². The van der Waals surface area contributed by atoms with E-state index in [1.54, 1.807) is 6.07 Å². The number of para-hydroxylation sites is 1. The molecule has 0 bridgehead atoms. The highest BCUT2D eigenvalue weighted by molar-refractivity contribution is 9.10. The normalized spacial score (nSPS) is 10.3. The van der Waals surface area contributed by atoms with Crippen molar-refractivity contribution in [2.45, 2.75) is 12.8 Å². The lowest BCUT2D eigenvalue weighted by atomic mass is 10.0. The second kappa shape index (κ2) is 5.17. The Bertz CT molecular complexity index is 462. The van der Waals surface area contributed by atoms with Gasteiger partial charge in [-0.3, -0.25) is 0 Å². The van der Waals surface area contributed by atoms with E-state index in [9.17, 15) is 5.11 Å². The zero-order valence-corrected chi connectivity index (χ0v) is 10.4. The van der Waals surface area contributed by atoms with Gasteiger partial charge in [0.15, 0.2) is 0 Å². The standard InChI is InChI=1S/C14H13BrO/c15-13-9-6-11(7-10-13)5-8-12-3-1-2-4-14(12)16/h1-4,6-7,9-10,16H,5,8H2. The zero-order chi connectivity index (χ0) is 11.4. The van der Waals surface area contributed by atoms with Gasteiger partial charge in [0, 0.05) is 4.47 Å². The summed E-state index contributed by atoms with van der Waals surface area (Å²) in [4.78, 5) is 0. The number of halogens is 1. The van der Waals surface area contributed by atoms with E-state index in [0.717, 1.165) is 22.9 Å². The Morgan fingerprint density at radius 2 is 1.56 bits per heavy atom. The van der Waals surface area contributed by atoms with Crippen molar-refractivity contribution >= 4 is 15.9 Å². The first-order valence-electron chi connectivity index (χ1n) is 5.27. The molecule has 0 saturated carbocycles. The Labute approximate surface area is 104 Å². The summed E-state index contributed by atoms with van der Waals surface area (Å²) in [6.07, 6.45) is 1.82. The minimum Gasteiger partial charge on any atom is -0.508 e. The Kier molecular flexibility index (Phi) is 3.62. The number of hydrogen-bond acceptors (Lipinski definition) is 1. The molecule has 0 unspecified atom stereocenters. The number of aryl methyl sites for hydroxylation is 2. The van der Waals surface area contributed by atoms with Gasteiger partial charge in [-0.25, -0.2) is 0 Å². The van der Waals surface area contributed by atoms with Gasteiger partial charge >= 0.3 is 0 Å². The Balaban J connectivity index is 2.02. The molecule has 1 nitrogen and oxygen atoms in total. The monoisotopic (exact) mass is 276 g/mol. The van der Waals surface area contributed by atoms with Crippen molar-refractivity contribution in [1.82, 2.24) is 0 Å². The molecule has 0 heterocycles. The molecule has 0 aromatic heterocycles. The number of aromatic hydroxyl groups is 1. The van der Waals surface area contributed by atoms with E-state index >= 15 is 0 Å². The van der Waals surface area contributed by atoms with Gasteiger partial charge in [-0.15, -0.1) is 0 Å². The van der Waals surface area contributed by atoms with Crippen molar-refractivity contribution in [3.05, 3.63) is 64.1 Å². The summed E-state index contributed by atoms with van der Waals surface area (Å²) in [5.41, 5.74) is 2.29. The van der Waals surface area contributed by atoms with Gasteiger partial charge in [0.05, 0.1) is 0 Å². The molecule has 0 aliphatic heterocycles. The minimum atomic E-state index is 0.389. The summed E-state index contributed by atoms with van der Waals surface area (Å²) < 4.78 is 1.10. The fourth-order valence-corrected chi connectivity index (χ4v) is 1.92. The maximum absolute atomic E-state index is 9.63. The van der Waals surface area contributed by atoms with Crippen molar-refractivity contribution in [3.63, 3.8) is 0 Å². The predicted octanol–water partition coefficient (Wildman–Crippen LogP) is 3.94. The maximum Gasteiger partial charge on any atom is 0.118 e. The maximum atomic E-state index is 9.63. The number of hydrogen-bond donors (Lipinski definition) is 1. The van der Waals surface area contributed by atoms with Gasteiger partial charge < -0.3 is 5.11 Å². The quantitative estimate of drug-likeness (QED) is 0.901. The zero-order valence-electron chi connectivity index (χ0n) is 8.86. The van der Waals surface area contributed by atoms with Crippen LogP contribution >= 0.6 is 15.9 Å². The average Bonchev–Trinajstić information content (AvgIpc) is 2.30. The summed E-state index contributed by atoms with van der Waals surface area (Å²) in [6.45, 7) is 0. The smallest absolute Gasteiger partial charge is 0.118 e. The first-order chi connectivity index (χ1) is 7.75. The van der Waals surface area contributed by atoms with Gasteiger partial charge in [0.2, 0.25) is 0 Å². The van der Waals surface area contributed by atoms with Gasteiger partial charge in [-0.1, -0.05) is 46.3 Å². The van der Waals surface area contributed by atoms with Crippen LogP contribution in [0.15, 0.2) is 53.0 Å². The average molecular weight is 277 g/mol. The van der Waals surface area contributed by atoms with E-state index < -0.39 is 0 Å². The van der Waals surface area contributed by atoms with Crippen LogP contribution in [0.4, 0.5) is 0 Å². The van der Waals surface area contributed by atoms with Crippen molar-refractivity contribution < 1.29 is 5.11 Å². The first-order valence-corrected chi connectivity index (χ1v) is 6.06. The Hall–Kier alpha value is -1.28. The van der Waals surface area contributed by atoms with Crippen LogP contribution in [0, 0.1) is 0 Å². The van der Waals surface area contributed by atoms with Crippen LogP contribution in [0.25, 0.3) is 0 Å². The highest BCUT2D eigenvalue weighted by Gasteiger charge is 2.00. The van der Waals surface area contributed by atoms with Gasteiger partial charge in [0.1, 0.15) is 5.75 Å². The van der Waals surface area contributed by atoms with Crippen LogP contribution in [0.1, 0.15) is 11.1 Å². The molecule has 0 spiro atoms. The van der Waals surface area contributed by atoms with Crippen molar-refractivity contribution in [2.24, 2.45) is 0 Å². The minimum absolute atomic E-state index is 0.389. The molecule has 0 radical (unpaired) electrons. The third kappa shape index (κ3) is 2.86. The third-order valence-electron chi connectivity index (χ3n) is 2.59. The topological polar surface area (TPSA) is 20.2 Å². The fraction of sp³-hybridized carbons (Fsp3) is 0.143. The lowest BCUT2D eigenvalue weighted by Crippen LogP contribution is -1.91. The SMILES string of the molecule is Oc1ccccc1CCc1ccc(Br)cc1. The van der Waals surface area contributed by atoms with E-state index in [-0.39, 0.29) is 0 Å². The Morgan fingerprint density at radius 1 is 0.875 bits per heavy atom. The molecule has 0 aliphatic carbocycles. The second-order valence-corrected chi connectivity index (χ2v) is 4.67. The summed E-state index contributed by atoms with van der Waals surface area (Å²) in [5.74, 6) is 0.389. The predicted molar refractivity (Wildman–Crippen MR) is 69.7 cm³/mol. The van der Waals surface area contributed by atoms with Crippen LogP contribution in [-0.4, -0.2) is 5.11 Å². The summed E-state index contributed by atoms with van der Waals surface area (Å²) in [6, 6.07) is 15.8. The van der Waals surface area contributed by atoms with Crippen LogP contribution in [-0.2, 0) is 12.8 Å². The molecule has 16 heavy (non-hydrogen) atoms. The molecule has 0 fully saturated rings. The molecule has 2 aromatic rings. The number of phenols is 1. The summed E-state index contributed by atoms with van der Waals surface area (Å²) in [5, 5.41) is 9.63. The third-order valence-corrected chi connectivity index (χ3v) is 3.12. The molecular weight excluding hydrogens is 264 g/mol. The van der Waals surface area contributed by atoms with E-state index in [0.29, 0.717) is 5.75 Å². The molecule has 82 valence electrons. The molecule has 2 aromatic carbocycles. The molecule has 1 N–H and O–H groups in total. The van der Waals surface area contributed by atoms with Gasteiger partial charge in [-0.05, 0) is 42.2 Å². The van der Waals surface area contributed by atoms with Crippen LogP contribution in [0.5, 0.6) is 5.75 Å². The number of phenolic OH excluding ortho intramolecular Hbond substituents is 1. The highest BCUT2D eigenvalue weighted by atomic mass is 79.9. The van der Waals surface area contributed by atoms with Crippen molar-refractivity contribution in [3.8, 4) is 5.75 Å². The van der Waals surface area contributed by atoms with E-state index in [1.807, 2.05) is 30.3 Å². The van der Waals surface area contributed by atoms with Gasteiger partial charge in [-0.2, -0.15) is 0 Å². The molecule has 2 heteroatoms. The molecule has 2 rings (SSSR count). The van der Waals surface area contributed by atoms with E-state index in [2.05, 4.69) is 28.1 Å². The van der Waals surface area contributed by atoms with Crippen LogP contribution < -0.4 is 0 Å². The summed E-state index contributed by atoms with van der Waals surface area (Å²) in [7, 11) is 0. The summed E-state index contributed by atoms with van der Waals surface area (Å²) >= 11 is 3.41. The molecule has 0 aliphatic rings. The van der Waals surface area contributed by atoms with Crippen LogP contribution in [0.3, 0.4) is 0 Å². The molecule has 0 saturated heterocycles. The molecular formula is C14H13BrO. The lowest BCUT2D eigenvalue weighted by Gasteiger charge is -2.04. The van der Waals surface area contributed by atoms with Crippen molar-refractivity contribution in [2.75, 3.05) is 0 Å². The fourth-order valence-electron chi connectivity index (χ4n) is 1.65. The van der Waals surface area contributed by atoms with Crippen LogP contribution in [0.2, 0.25) is 0 Å².